The summed E-state index contributed by atoms with van der Waals surface area (Å²) in [6.07, 6.45) is -3.29. The van der Waals surface area contributed by atoms with Gasteiger partial charge in [-0.1, -0.05) is 12.1 Å². The molecule has 0 aliphatic heterocycles. The number of urea groups is 1. The van der Waals surface area contributed by atoms with E-state index in [1.807, 2.05) is 0 Å². The molecule has 0 saturated carbocycles. The van der Waals surface area contributed by atoms with Gasteiger partial charge in [-0.25, -0.2) is 9.18 Å². The fraction of sp³-hybridized carbons (Fsp3) is 0.107. The Labute approximate surface area is 226 Å². The molecule has 0 aliphatic carbocycles. The molecule has 3 aromatic carbocycles. The third-order valence-corrected chi connectivity index (χ3v) is 5.44. The van der Waals surface area contributed by atoms with Gasteiger partial charge in [0.2, 0.25) is 0 Å². The topological polar surface area (TPSA) is 102 Å². The maximum atomic E-state index is 14.1. The number of benzene rings is 3. The van der Waals surface area contributed by atoms with E-state index in [0.717, 1.165) is 18.2 Å². The predicted molar refractivity (Wildman–Crippen MR) is 139 cm³/mol. The molecule has 0 aliphatic rings. The second-order valence-corrected chi connectivity index (χ2v) is 8.24. The summed E-state index contributed by atoms with van der Waals surface area (Å²) in [5.41, 5.74) is -0.800. The molecule has 0 saturated heterocycles. The second kappa shape index (κ2) is 12.2. The van der Waals surface area contributed by atoms with Crippen LogP contribution in [0.1, 0.15) is 21.6 Å². The first-order valence-electron chi connectivity index (χ1n) is 11.7. The Kier molecular flexibility index (Phi) is 8.48. The van der Waals surface area contributed by atoms with E-state index in [2.05, 4.69) is 20.9 Å². The standard InChI is InChI=1S/C28H22F4N4O4/c1-33-26(37)25-15-21(12-13-34-25)40-19-10-8-17(9-11-19)35-27(38)36-18-4-2-5-20(14-18)39-16-22-23(28(30,31)32)6-3-7-24(22)29/h2-15H,16H2,1H3,(H,33,37)(H2,35,36,38). The molecule has 3 N–H and O–H groups in total. The molecule has 4 aromatic rings. The molecule has 12 heteroatoms. The zero-order valence-corrected chi connectivity index (χ0v) is 20.9. The van der Waals surface area contributed by atoms with Gasteiger partial charge in [0.05, 0.1) is 5.56 Å². The lowest BCUT2D eigenvalue weighted by Gasteiger charge is -2.15. The number of nitrogens with zero attached hydrogens (tertiary/aromatic N) is 1. The van der Waals surface area contributed by atoms with E-state index in [1.54, 1.807) is 36.4 Å². The number of ether oxygens (including phenoxy) is 2. The van der Waals surface area contributed by atoms with Crippen molar-refractivity contribution in [2.75, 3.05) is 17.7 Å². The highest BCUT2D eigenvalue weighted by atomic mass is 19.4. The van der Waals surface area contributed by atoms with Gasteiger partial charge in [0.25, 0.3) is 5.91 Å². The second-order valence-electron chi connectivity index (χ2n) is 8.24. The molecule has 0 atom stereocenters. The molecule has 1 heterocycles. The lowest BCUT2D eigenvalue weighted by molar-refractivity contribution is -0.138. The van der Waals surface area contributed by atoms with Crippen LogP contribution < -0.4 is 25.4 Å². The summed E-state index contributed by atoms with van der Waals surface area (Å²) in [5, 5.41) is 7.71. The highest BCUT2D eigenvalue weighted by Crippen LogP contribution is 2.34. The quantitative estimate of drug-likeness (QED) is 0.213. The highest BCUT2D eigenvalue weighted by molar-refractivity contribution is 5.99. The van der Waals surface area contributed by atoms with E-state index in [0.29, 0.717) is 22.9 Å². The van der Waals surface area contributed by atoms with Gasteiger partial charge in [0.1, 0.15) is 35.4 Å². The van der Waals surface area contributed by atoms with Crippen LogP contribution in [0.5, 0.6) is 17.2 Å². The van der Waals surface area contributed by atoms with Crippen molar-refractivity contribution >= 4 is 23.3 Å². The van der Waals surface area contributed by atoms with Crippen LogP contribution in [0.2, 0.25) is 0 Å². The van der Waals surface area contributed by atoms with E-state index in [1.165, 1.54) is 37.5 Å². The summed E-state index contributed by atoms with van der Waals surface area (Å²) in [5.74, 6) is -0.401. The van der Waals surface area contributed by atoms with Gasteiger partial charge in [0.15, 0.2) is 0 Å². The molecule has 1 aromatic heterocycles. The average Bonchev–Trinajstić information content (AvgIpc) is 2.92. The third kappa shape index (κ3) is 7.25. The van der Waals surface area contributed by atoms with Gasteiger partial charge in [-0.05, 0) is 54.6 Å². The summed E-state index contributed by atoms with van der Waals surface area (Å²) < 4.78 is 64.8. The van der Waals surface area contributed by atoms with E-state index in [-0.39, 0.29) is 17.4 Å². The van der Waals surface area contributed by atoms with Crippen LogP contribution in [-0.2, 0) is 12.8 Å². The van der Waals surface area contributed by atoms with Gasteiger partial charge in [0, 0.05) is 42.3 Å². The van der Waals surface area contributed by atoms with Gasteiger partial charge in [-0.2, -0.15) is 13.2 Å². The van der Waals surface area contributed by atoms with Gasteiger partial charge in [-0.3, -0.25) is 9.78 Å². The summed E-state index contributed by atoms with van der Waals surface area (Å²) in [6, 6.07) is 17.5. The summed E-state index contributed by atoms with van der Waals surface area (Å²) in [4.78, 5) is 28.2. The van der Waals surface area contributed by atoms with E-state index >= 15 is 0 Å². The zero-order chi connectivity index (χ0) is 28.7. The van der Waals surface area contributed by atoms with Crippen molar-refractivity contribution < 1.29 is 36.6 Å². The number of nitrogens with one attached hydrogen (secondary N) is 3. The molecule has 8 nitrogen and oxygen atoms in total. The van der Waals surface area contributed by atoms with E-state index < -0.39 is 35.8 Å². The lowest BCUT2D eigenvalue weighted by atomic mass is 10.1. The van der Waals surface area contributed by atoms with Gasteiger partial charge < -0.3 is 25.4 Å². The SMILES string of the molecule is CNC(=O)c1cc(Oc2ccc(NC(=O)Nc3cccc(OCc4c(F)cccc4C(F)(F)F)c3)cc2)ccn1. The maximum absolute atomic E-state index is 14.1. The van der Waals surface area contributed by atoms with Crippen molar-refractivity contribution in [1.82, 2.24) is 10.3 Å². The predicted octanol–water partition coefficient (Wildman–Crippen LogP) is 6.61. The largest absolute Gasteiger partial charge is 0.489 e. The van der Waals surface area contributed by atoms with Crippen LogP contribution in [0.3, 0.4) is 0 Å². The van der Waals surface area contributed by atoms with E-state index in [9.17, 15) is 27.2 Å². The van der Waals surface area contributed by atoms with Crippen LogP contribution in [-0.4, -0.2) is 24.0 Å². The number of hydrogen-bond donors (Lipinski definition) is 3. The minimum Gasteiger partial charge on any atom is -0.489 e. The summed E-state index contributed by atoms with van der Waals surface area (Å²) >= 11 is 0. The molecule has 0 unspecified atom stereocenters. The molecule has 0 bridgehead atoms. The summed E-state index contributed by atoms with van der Waals surface area (Å²) in [6.45, 7) is -0.655. The Morgan fingerprint density at radius 3 is 2.30 bits per heavy atom. The number of alkyl halides is 3. The number of carbonyl (C=O) groups excluding carboxylic acids is 2. The number of pyridine rings is 1. The Morgan fingerprint density at radius 1 is 0.850 bits per heavy atom. The van der Waals surface area contributed by atoms with Gasteiger partial charge >= 0.3 is 12.2 Å². The minimum atomic E-state index is -4.73. The van der Waals surface area contributed by atoms with Crippen molar-refractivity contribution in [1.29, 1.82) is 0 Å². The number of anilines is 2. The molecular formula is C28H22F4N4O4. The van der Waals surface area contributed by atoms with Crippen molar-refractivity contribution in [3.8, 4) is 17.2 Å². The van der Waals surface area contributed by atoms with Crippen LogP contribution in [0.15, 0.2) is 85.1 Å². The average molecular weight is 555 g/mol. The zero-order valence-electron chi connectivity index (χ0n) is 20.9. The smallest absolute Gasteiger partial charge is 0.416 e. The Morgan fingerprint density at radius 2 is 1.57 bits per heavy atom. The van der Waals surface area contributed by atoms with Crippen LogP contribution >= 0.6 is 0 Å². The molecule has 0 radical (unpaired) electrons. The number of rotatable bonds is 8. The Bertz CT molecular complexity index is 1510. The molecule has 206 valence electrons. The molecule has 0 fully saturated rings. The fourth-order valence-corrected chi connectivity index (χ4v) is 3.55. The molecule has 40 heavy (non-hydrogen) atoms. The number of carbonyl (C=O) groups is 2. The van der Waals surface area contributed by atoms with Crippen LogP contribution in [0.25, 0.3) is 0 Å². The highest BCUT2D eigenvalue weighted by Gasteiger charge is 2.34. The summed E-state index contributed by atoms with van der Waals surface area (Å²) in [7, 11) is 1.49. The molecule has 4 rings (SSSR count). The first kappa shape index (κ1) is 27.9. The number of amides is 3. The fourth-order valence-electron chi connectivity index (χ4n) is 3.55. The Balaban J connectivity index is 1.34. The number of halogens is 4. The monoisotopic (exact) mass is 554 g/mol. The van der Waals surface area contributed by atoms with E-state index in [4.69, 9.17) is 9.47 Å². The first-order chi connectivity index (χ1) is 19.1. The lowest BCUT2D eigenvalue weighted by Crippen LogP contribution is -2.19. The normalized spacial score (nSPS) is 10.9. The molecular weight excluding hydrogens is 532 g/mol. The molecule has 0 spiro atoms. The van der Waals surface area contributed by atoms with Crippen LogP contribution in [0.4, 0.5) is 33.7 Å². The van der Waals surface area contributed by atoms with Crippen molar-refractivity contribution in [3.63, 3.8) is 0 Å². The van der Waals surface area contributed by atoms with Crippen molar-refractivity contribution in [3.05, 3.63) is 108 Å². The number of aromatic nitrogens is 1. The first-order valence-corrected chi connectivity index (χ1v) is 11.7. The maximum Gasteiger partial charge on any atom is 0.416 e. The molecule has 3 amide bonds. The number of hydrogen-bond acceptors (Lipinski definition) is 5. The van der Waals surface area contributed by atoms with Crippen molar-refractivity contribution in [2.45, 2.75) is 12.8 Å². The minimum absolute atomic E-state index is 0.131. The van der Waals surface area contributed by atoms with Crippen molar-refractivity contribution in [2.24, 2.45) is 0 Å². The Hall–Kier alpha value is -5.13. The van der Waals surface area contributed by atoms with Crippen LogP contribution in [0, 0.1) is 5.82 Å². The third-order valence-electron chi connectivity index (χ3n) is 5.44. The van der Waals surface area contributed by atoms with Gasteiger partial charge in [-0.15, -0.1) is 0 Å².